The van der Waals surface area contributed by atoms with Gasteiger partial charge in [-0.1, -0.05) is 12.1 Å². The summed E-state index contributed by atoms with van der Waals surface area (Å²) < 4.78 is 17.3. The molecular weight excluding hydrogens is 390 g/mol. The lowest BCUT2D eigenvalue weighted by Gasteiger charge is -2.29. The molecule has 3 rings (SSSR count). The molecule has 9 nitrogen and oxygen atoms in total. The van der Waals surface area contributed by atoms with Crippen LogP contribution in [0, 0.1) is 0 Å². The summed E-state index contributed by atoms with van der Waals surface area (Å²) in [5, 5.41) is 5.28. The number of ether oxygens (including phenoxy) is 3. The second-order valence-corrected chi connectivity index (χ2v) is 6.50. The lowest BCUT2D eigenvalue weighted by Crippen LogP contribution is -2.47. The predicted molar refractivity (Wildman–Crippen MR) is 107 cm³/mol. The van der Waals surface area contributed by atoms with Gasteiger partial charge in [-0.05, 0) is 36.8 Å². The van der Waals surface area contributed by atoms with Crippen molar-refractivity contribution in [1.29, 1.82) is 0 Å². The van der Waals surface area contributed by atoms with E-state index < -0.39 is 24.0 Å². The van der Waals surface area contributed by atoms with Gasteiger partial charge in [-0.2, -0.15) is 0 Å². The second-order valence-electron chi connectivity index (χ2n) is 6.50. The van der Waals surface area contributed by atoms with Crippen molar-refractivity contribution in [3.05, 3.63) is 65.1 Å². The number of nitrogens with zero attached hydrogens (tertiary/aromatic N) is 1. The third-order valence-corrected chi connectivity index (χ3v) is 4.60. The number of rotatable bonds is 7. The van der Waals surface area contributed by atoms with E-state index in [1.165, 1.54) is 0 Å². The first-order chi connectivity index (χ1) is 14.4. The SMILES string of the molecule is CCOC(=O)C1=C(COC(=O)c2cccn2C)NC(=O)N[C@@H]1c1ccc(OC)cc1. The molecule has 0 saturated heterocycles. The summed E-state index contributed by atoms with van der Waals surface area (Å²) in [7, 11) is 3.26. The minimum Gasteiger partial charge on any atom is -0.497 e. The average molecular weight is 413 g/mol. The Balaban J connectivity index is 1.93. The lowest BCUT2D eigenvalue weighted by molar-refractivity contribution is -0.139. The highest BCUT2D eigenvalue weighted by Gasteiger charge is 2.34. The predicted octanol–water partition coefficient (Wildman–Crippen LogP) is 2.06. The van der Waals surface area contributed by atoms with Gasteiger partial charge in [-0.15, -0.1) is 0 Å². The zero-order chi connectivity index (χ0) is 21.7. The summed E-state index contributed by atoms with van der Waals surface area (Å²) in [6.45, 7) is 1.55. The number of aromatic nitrogens is 1. The van der Waals surface area contributed by atoms with Crippen LogP contribution in [0.3, 0.4) is 0 Å². The molecule has 2 aromatic rings. The van der Waals surface area contributed by atoms with Gasteiger partial charge < -0.3 is 29.4 Å². The van der Waals surface area contributed by atoms with Crippen molar-refractivity contribution in [2.45, 2.75) is 13.0 Å². The maximum absolute atomic E-state index is 12.7. The molecule has 9 heteroatoms. The molecule has 1 aromatic carbocycles. The number of methoxy groups -OCH3 is 1. The lowest BCUT2D eigenvalue weighted by atomic mass is 9.95. The Kier molecular flexibility index (Phi) is 6.41. The molecule has 30 heavy (non-hydrogen) atoms. The highest BCUT2D eigenvalue weighted by molar-refractivity contribution is 5.95. The molecule has 1 aromatic heterocycles. The van der Waals surface area contributed by atoms with Crippen LogP contribution in [0.25, 0.3) is 0 Å². The van der Waals surface area contributed by atoms with Crippen LogP contribution < -0.4 is 15.4 Å². The van der Waals surface area contributed by atoms with E-state index in [4.69, 9.17) is 14.2 Å². The average Bonchev–Trinajstić information content (AvgIpc) is 3.17. The molecule has 158 valence electrons. The van der Waals surface area contributed by atoms with E-state index in [1.54, 1.807) is 68.2 Å². The Hall–Kier alpha value is -3.75. The fourth-order valence-corrected chi connectivity index (χ4v) is 3.11. The van der Waals surface area contributed by atoms with Crippen molar-refractivity contribution in [3.8, 4) is 5.75 Å². The molecule has 2 N–H and O–H groups in total. The van der Waals surface area contributed by atoms with Crippen LogP contribution in [-0.2, 0) is 21.3 Å². The Morgan fingerprint density at radius 1 is 1.10 bits per heavy atom. The molecule has 0 saturated carbocycles. The number of hydrogen-bond acceptors (Lipinski definition) is 6. The minimum absolute atomic E-state index is 0.155. The van der Waals surface area contributed by atoms with Crippen molar-refractivity contribution in [2.75, 3.05) is 20.3 Å². The van der Waals surface area contributed by atoms with Crippen LogP contribution >= 0.6 is 0 Å². The molecular formula is C21H23N3O6. The van der Waals surface area contributed by atoms with E-state index in [0.29, 0.717) is 17.0 Å². The minimum atomic E-state index is -0.771. The van der Waals surface area contributed by atoms with Gasteiger partial charge in [0.15, 0.2) is 0 Å². The molecule has 1 aliphatic rings. The van der Waals surface area contributed by atoms with Gasteiger partial charge in [-0.25, -0.2) is 14.4 Å². The van der Waals surface area contributed by atoms with Gasteiger partial charge in [0.05, 0.1) is 31.0 Å². The van der Waals surface area contributed by atoms with E-state index in [9.17, 15) is 14.4 Å². The quantitative estimate of drug-likeness (QED) is 0.673. The maximum atomic E-state index is 12.7. The Bertz CT molecular complexity index is 977. The van der Waals surface area contributed by atoms with Crippen LogP contribution in [0.4, 0.5) is 4.79 Å². The van der Waals surface area contributed by atoms with Gasteiger partial charge >= 0.3 is 18.0 Å². The normalized spacial score (nSPS) is 15.8. The molecule has 0 unspecified atom stereocenters. The van der Waals surface area contributed by atoms with Gasteiger partial charge in [0.2, 0.25) is 0 Å². The van der Waals surface area contributed by atoms with Crippen molar-refractivity contribution in [2.24, 2.45) is 7.05 Å². The fraction of sp³-hybridized carbons (Fsp3) is 0.286. The van der Waals surface area contributed by atoms with Crippen molar-refractivity contribution < 1.29 is 28.6 Å². The number of urea groups is 1. The number of nitrogens with one attached hydrogen (secondary N) is 2. The Morgan fingerprint density at radius 2 is 1.83 bits per heavy atom. The highest BCUT2D eigenvalue weighted by Crippen LogP contribution is 2.29. The number of hydrogen-bond donors (Lipinski definition) is 2. The zero-order valence-corrected chi connectivity index (χ0v) is 16.9. The van der Waals surface area contributed by atoms with E-state index in [1.807, 2.05) is 0 Å². The van der Waals surface area contributed by atoms with Gasteiger partial charge in [0, 0.05) is 13.2 Å². The van der Waals surface area contributed by atoms with Crippen molar-refractivity contribution in [1.82, 2.24) is 15.2 Å². The number of esters is 2. The fourth-order valence-electron chi connectivity index (χ4n) is 3.11. The standard InChI is InChI=1S/C21H23N3O6/c1-4-29-20(26)17-15(12-30-19(25)16-6-5-11-24(16)2)22-21(27)23-18(17)13-7-9-14(28-3)10-8-13/h5-11,18H,4,12H2,1-3H3,(H2,22,23,27)/t18-/m1/s1. The molecule has 2 heterocycles. The third kappa shape index (κ3) is 4.45. The molecule has 0 bridgehead atoms. The van der Waals surface area contributed by atoms with E-state index in [0.717, 1.165) is 0 Å². The zero-order valence-electron chi connectivity index (χ0n) is 16.9. The summed E-state index contributed by atoms with van der Waals surface area (Å²) in [6, 6.07) is 8.96. The summed E-state index contributed by atoms with van der Waals surface area (Å²) in [6.07, 6.45) is 1.71. The number of carbonyl (C=O) groups is 3. The third-order valence-electron chi connectivity index (χ3n) is 4.60. The molecule has 1 atom stereocenters. The second kappa shape index (κ2) is 9.17. The van der Waals surface area contributed by atoms with Crippen LogP contribution in [0.2, 0.25) is 0 Å². The molecule has 1 aliphatic heterocycles. The molecule has 0 aliphatic carbocycles. The maximum Gasteiger partial charge on any atom is 0.355 e. The summed E-state index contributed by atoms with van der Waals surface area (Å²) in [5.74, 6) is -0.555. The molecule has 0 fully saturated rings. The first-order valence-corrected chi connectivity index (χ1v) is 9.34. The van der Waals surface area contributed by atoms with Crippen LogP contribution in [-0.4, -0.2) is 42.9 Å². The van der Waals surface area contributed by atoms with E-state index in [2.05, 4.69) is 10.6 Å². The van der Waals surface area contributed by atoms with E-state index >= 15 is 0 Å². The molecule has 2 amide bonds. The number of benzene rings is 1. The van der Waals surface area contributed by atoms with Crippen molar-refractivity contribution >= 4 is 18.0 Å². The largest absolute Gasteiger partial charge is 0.497 e. The molecule has 0 radical (unpaired) electrons. The van der Waals surface area contributed by atoms with Gasteiger partial charge in [0.1, 0.15) is 18.1 Å². The van der Waals surface area contributed by atoms with Gasteiger partial charge in [-0.3, -0.25) is 0 Å². The van der Waals surface area contributed by atoms with Crippen LogP contribution in [0.1, 0.15) is 29.0 Å². The smallest absolute Gasteiger partial charge is 0.355 e. The first-order valence-electron chi connectivity index (χ1n) is 9.34. The first kappa shape index (κ1) is 21.0. The highest BCUT2D eigenvalue weighted by atomic mass is 16.5. The Labute approximate surface area is 173 Å². The van der Waals surface area contributed by atoms with Crippen molar-refractivity contribution in [3.63, 3.8) is 0 Å². The monoisotopic (exact) mass is 413 g/mol. The van der Waals surface area contributed by atoms with E-state index in [-0.39, 0.29) is 24.5 Å². The van der Waals surface area contributed by atoms with Crippen LogP contribution in [0.5, 0.6) is 5.75 Å². The summed E-state index contributed by atoms with van der Waals surface area (Å²) in [4.78, 5) is 37.3. The van der Waals surface area contributed by atoms with Crippen LogP contribution in [0.15, 0.2) is 53.9 Å². The number of carbonyl (C=O) groups excluding carboxylic acids is 3. The number of amides is 2. The molecule has 0 spiro atoms. The summed E-state index contributed by atoms with van der Waals surface area (Å²) in [5.41, 5.74) is 1.34. The Morgan fingerprint density at radius 3 is 2.43 bits per heavy atom. The topological polar surface area (TPSA) is 108 Å². The number of aryl methyl sites for hydroxylation is 1. The summed E-state index contributed by atoms with van der Waals surface area (Å²) >= 11 is 0. The van der Waals surface area contributed by atoms with Gasteiger partial charge in [0.25, 0.3) is 0 Å².